The topological polar surface area (TPSA) is 76.6 Å². The number of hydrogen-bond donors (Lipinski definition) is 1. The fourth-order valence-electron chi connectivity index (χ4n) is 3.86. The largest absolute Gasteiger partial charge is 0.486 e. The summed E-state index contributed by atoms with van der Waals surface area (Å²) < 4.78 is 11.2. The third kappa shape index (κ3) is 4.64. The van der Waals surface area contributed by atoms with Crippen LogP contribution in [0.3, 0.4) is 0 Å². The van der Waals surface area contributed by atoms with Crippen molar-refractivity contribution in [3.05, 3.63) is 36.2 Å². The van der Waals surface area contributed by atoms with E-state index in [2.05, 4.69) is 15.2 Å². The Bertz CT molecular complexity index is 921. The molecule has 7 nitrogen and oxygen atoms in total. The number of anilines is 1. The van der Waals surface area contributed by atoms with Crippen molar-refractivity contribution in [2.24, 2.45) is 0 Å². The second-order valence-electron chi connectivity index (χ2n) is 7.96. The fourth-order valence-corrected chi connectivity index (χ4v) is 4.73. The molecule has 0 bridgehead atoms. The van der Waals surface area contributed by atoms with E-state index in [0.29, 0.717) is 25.6 Å². The van der Waals surface area contributed by atoms with Crippen molar-refractivity contribution in [1.82, 2.24) is 15.3 Å². The molecule has 1 aromatic heterocycles. The molecule has 1 saturated carbocycles. The van der Waals surface area contributed by atoms with Gasteiger partial charge in [-0.3, -0.25) is 4.79 Å². The Hall–Kier alpha value is -2.48. The van der Waals surface area contributed by atoms with E-state index in [1.165, 1.54) is 12.8 Å². The van der Waals surface area contributed by atoms with Crippen LogP contribution < -0.4 is 19.7 Å². The monoisotopic (exact) mass is 426 g/mol. The number of carbonyl (C=O) groups excluding carboxylic acids is 1. The molecule has 5 rings (SSSR count). The Kier molecular flexibility index (Phi) is 5.66. The molecule has 1 aromatic carbocycles. The second-order valence-corrected chi connectivity index (χ2v) is 9.13. The average molecular weight is 427 g/mol. The Morgan fingerprint density at radius 3 is 2.90 bits per heavy atom. The molecule has 1 saturated heterocycles. The van der Waals surface area contributed by atoms with Gasteiger partial charge in [0, 0.05) is 54.0 Å². The first-order chi connectivity index (χ1) is 14.7. The highest BCUT2D eigenvalue weighted by atomic mass is 32.2. The van der Waals surface area contributed by atoms with Crippen LogP contribution in [-0.4, -0.2) is 54.0 Å². The van der Waals surface area contributed by atoms with Gasteiger partial charge in [0.05, 0.1) is 0 Å². The van der Waals surface area contributed by atoms with E-state index in [1.54, 1.807) is 11.8 Å². The zero-order chi connectivity index (χ0) is 20.3. The van der Waals surface area contributed by atoms with Gasteiger partial charge in [-0.25, -0.2) is 9.97 Å². The lowest BCUT2D eigenvalue weighted by Gasteiger charge is -2.18. The standard InChI is InChI=1S/C22H26N4O3S/c27-21(7-12-30-17-3-4-19-20(13-17)29-11-10-28-19)24-16-6-9-26(14-16)22-23-8-5-18(25-22)15-1-2-15/h3-5,8,13,15-16H,1-2,6-7,9-12,14H2,(H,24,27). The van der Waals surface area contributed by atoms with Crippen LogP contribution in [-0.2, 0) is 4.79 Å². The molecule has 1 amide bonds. The van der Waals surface area contributed by atoms with Crippen molar-refractivity contribution in [2.75, 3.05) is 37.0 Å². The zero-order valence-electron chi connectivity index (χ0n) is 16.9. The summed E-state index contributed by atoms with van der Waals surface area (Å²) in [4.78, 5) is 24.8. The van der Waals surface area contributed by atoms with E-state index >= 15 is 0 Å². The number of carbonyl (C=O) groups is 1. The predicted molar refractivity (Wildman–Crippen MR) is 116 cm³/mol. The summed E-state index contributed by atoms with van der Waals surface area (Å²) in [6.07, 6.45) is 5.75. The first kappa shape index (κ1) is 19.5. The molecule has 2 aliphatic heterocycles. The smallest absolute Gasteiger partial charge is 0.225 e. The Morgan fingerprint density at radius 1 is 1.17 bits per heavy atom. The van der Waals surface area contributed by atoms with Crippen molar-refractivity contribution < 1.29 is 14.3 Å². The molecule has 1 N–H and O–H groups in total. The Labute approximate surface area is 180 Å². The van der Waals surface area contributed by atoms with Gasteiger partial charge < -0.3 is 19.7 Å². The van der Waals surface area contributed by atoms with Crippen molar-refractivity contribution in [2.45, 2.75) is 42.5 Å². The lowest BCUT2D eigenvalue weighted by atomic mass is 10.2. The summed E-state index contributed by atoms with van der Waals surface area (Å²) in [6, 6.07) is 8.12. The summed E-state index contributed by atoms with van der Waals surface area (Å²) >= 11 is 1.66. The molecule has 3 heterocycles. The molecule has 8 heteroatoms. The molecule has 3 aliphatic rings. The summed E-state index contributed by atoms with van der Waals surface area (Å²) in [6.45, 7) is 2.83. The van der Waals surface area contributed by atoms with Crippen molar-refractivity contribution >= 4 is 23.6 Å². The van der Waals surface area contributed by atoms with E-state index in [-0.39, 0.29) is 11.9 Å². The van der Waals surface area contributed by atoms with E-state index in [1.807, 2.05) is 30.5 Å². The van der Waals surface area contributed by atoms with E-state index < -0.39 is 0 Å². The van der Waals surface area contributed by atoms with Gasteiger partial charge in [0.2, 0.25) is 11.9 Å². The lowest BCUT2D eigenvalue weighted by Crippen LogP contribution is -2.37. The molecule has 0 radical (unpaired) electrons. The normalized spacial score (nSPS) is 20.3. The average Bonchev–Trinajstić information content (AvgIpc) is 3.53. The molecular weight excluding hydrogens is 400 g/mol. The van der Waals surface area contributed by atoms with Crippen molar-refractivity contribution in [3.8, 4) is 11.5 Å². The summed E-state index contributed by atoms with van der Waals surface area (Å²) in [5, 5.41) is 3.17. The van der Waals surface area contributed by atoms with Crippen LogP contribution in [0.5, 0.6) is 11.5 Å². The van der Waals surface area contributed by atoms with E-state index in [4.69, 9.17) is 14.5 Å². The van der Waals surface area contributed by atoms with Gasteiger partial charge in [-0.05, 0) is 43.5 Å². The fraction of sp³-hybridized carbons (Fsp3) is 0.500. The minimum atomic E-state index is 0.0968. The SMILES string of the molecule is O=C(CCSc1ccc2c(c1)OCCO2)NC1CCN(c2nccc(C3CC3)n2)C1. The molecule has 1 aliphatic carbocycles. The van der Waals surface area contributed by atoms with Crippen LogP contribution in [0.1, 0.15) is 37.3 Å². The van der Waals surface area contributed by atoms with Crippen LogP contribution in [0.15, 0.2) is 35.4 Å². The summed E-state index contributed by atoms with van der Waals surface area (Å²) in [5.74, 6) is 3.82. The minimum absolute atomic E-state index is 0.0968. The van der Waals surface area contributed by atoms with Crippen LogP contribution in [0, 0.1) is 0 Å². The molecule has 0 spiro atoms. The molecule has 158 valence electrons. The number of fused-ring (bicyclic) bond motifs is 1. The van der Waals surface area contributed by atoms with Crippen LogP contribution in [0.4, 0.5) is 5.95 Å². The number of nitrogens with zero attached hydrogens (tertiary/aromatic N) is 3. The number of hydrogen-bond acceptors (Lipinski definition) is 7. The highest BCUT2D eigenvalue weighted by molar-refractivity contribution is 7.99. The predicted octanol–water partition coefficient (Wildman–Crippen LogP) is 3.00. The van der Waals surface area contributed by atoms with Gasteiger partial charge in [-0.2, -0.15) is 0 Å². The van der Waals surface area contributed by atoms with Gasteiger partial charge in [-0.15, -0.1) is 11.8 Å². The first-order valence-corrected chi connectivity index (χ1v) is 11.6. The number of nitrogens with one attached hydrogen (secondary N) is 1. The van der Waals surface area contributed by atoms with Gasteiger partial charge >= 0.3 is 0 Å². The van der Waals surface area contributed by atoms with Crippen LogP contribution in [0.2, 0.25) is 0 Å². The Balaban J connectivity index is 1.07. The van der Waals surface area contributed by atoms with Crippen molar-refractivity contribution in [1.29, 1.82) is 0 Å². The van der Waals surface area contributed by atoms with E-state index in [0.717, 1.165) is 53.3 Å². The number of amides is 1. The van der Waals surface area contributed by atoms with Gasteiger partial charge in [0.1, 0.15) is 13.2 Å². The van der Waals surface area contributed by atoms with Crippen LogP contribution in [0.25, 0.3) is 0 Å². The molecular formula is C22H26N4O3S. The highest BCUT2D eigenvalue weighted by Gasteiger charge is 2.28. The van der Waals surface area contributed by atoms with Crippen LogP contribution >= 0.6 is 11.8 Å². The van der Waals surface area contributed by atoms with Gasteiger partial charge in [0.15, 0.2) is 11.5 Å². The second kappa shape index (κ2) is 8.71. The van der Waals surface area contributed by atoms with Gasteiger partial charge in [-0.1, -0.05) is 0 Å². The zero-order valence-corrected chi connectivity index (χ0v) is 17.7. The third-order valence-electron chi connectivity index (χ3n) is 5.61. The number of benzene rings is 1. The van der Waals surface area contributed by atoms with Crippen molar-refractivity contribution in [3.63, 3.8) is 0 Å². The first-order valence-electron chi connectivity index (χ1n) is 10.6. The Morgan fingerprint density at radius 2 is 2.03 bits per heavy atom. The van der Waals surface area contributed by atoms with E-state index in [9.17, 15) is 4.79 Å². The minimum Gasteiger partial charge on any atom is -0.486 e. The highest BCUT2D eigenvalue weighted by Crippen LogP contribution is 2.39. The molecule has 1 atom stereocenters. The maximum absolute atomic E-state index is 12.4. The maximum atomic E-state index is 12.4. The molecule has 30 heavy (non-hydrogen) atoms. The molecule has 2 aromatic rings. The third-order valence-corrected chi connectivity index (χ3v) is 6.60. The number of thioether (sulfide) groups is 1. The quantitative estimate of drug-likeness (QED) is 0.682. The summed E-state index contributed by atoms with van der Waals surface area (Å²) in [5.41, 5.74) is 1.16. The number of aromatic nitrogens is 2. The summed E-state index contributed by atoms with van der Waals surface area (Å²) in [7, 11) is 0. The lowest BCUT2D eigenvalue weighted by molar-refractivity contribution is -0.121. The number of ether oxygens (including phenoxy) is 2. The maximum Gasteiger partial charge on any atom is 0.225 e. The van der Waals surface area contributed by atoms with Gasteiger partial charge in [0.25, 0.3) is 0 Å². The molecule has 2 fully saturated rings. The number of rotatable bonds is 7. The molecule has 1 unspecified atom stereocenters.